The molecule has 1 aromatic carbocycles. The van der Waals surface area contributed by atoms with Crippen molar-refractivity contribution in [3.63, 3.8) is 0 Å². The minimum Gasteiger partial charge on any atom is -0.254 e. The molecule has 0 spiro atoms. The second kappa shape index (κ2) is 2.80. The molecular formula is C13H14NO+. The maximum Gasteiger partial charge on any atom is 0.346 e. The van der Waals surface area contributed by atoms with Gasteiger partial charge in [0, 0.05) is 0 Å². The number of hydrogen-bond donors (Lipinski definition) is 0. The molecule has 0 fully saturated rings. The average molecular weight is 200 g/mol. The van der Waals surface area contributed by atoms with Crippen LogP contribution < -0.4 is 0 Å². The lowest BCUT2D eigenvalue weighted by Crippen LogP contribution is -2.56. The molecule has 2 aliphatic heterocycles. The topological polar surface area (TPSA) is 17.1 Å². The first-order chi connectivity index (χ1) is 7.21. The number of carbonyl (C=O) groups is 1. The standard InChI is InChI=1S/C13H14NO/c1-14-8-4-5-10(9-14)11-6-2-3-7-12(11)13(14)15/h2-7,10H,8-9H2,1H3/q+1. The summed E-state index contributed by atoms with van der Waals surface area (Å²) in [6, 6.07) is 8.01. The molecule has 0 saturated heterocycles. The van der Waals surface area contributed by atoms with Crippen molar-refractivity contribution in [1.29, 1.82) is 0 Å². The van der Waals surface area contributed by atoms with E-state index in [2.05, 4.69) is 18.2 Å². The number of carbonyl (C=O) groups excluding carboxylic acids is 1. The second-order valence-electron chi connectivity index (χ2n) is 4.69. The van der Waals surface area contributed by atoms with Gasteiger partial charge in [0.25, 0.3) is 0 Å². The Morgan fingerprint density at radius 3 is 3.00 bits per heavy atom. The van der Waals surface area contributed by atoms with E-state index in [1.807, 2.05) is 25.2 Å². The normalized spacial score (nSPS) is 32.6. The molecule has 0 saturated carbocycles. The molecule has 1 amide bonds. The zero-order valence-corrected chi connectivity index (χ0v) is 8.81. The largest absolute Gasteiger partial charge is 0.346 e. The number of fused-ring (bicyclic) bond motifs is 4. The van der Waals surface area contributed by atoms with Crippen LogP contribution in [0.5, 0.6) is 0 Å². The molecule has 1 aromatic rings. The molecular weight excluding hydrogens is 186 g/mol. The molecule has 0 radical (unpaired) electrons. The predicted molar refractivity (Wildman–Crippen MR) is 58.6 cm³/mol. The van der Waals surface area contributed by atoms with Crippen molar-refractivity contribution in [3.05, 3.63) is 47.5 Å². The summed E-state index contributed by atoms with van der Waals surface area (Å²) in [6.45, 7) is 1.76. The van der Waals surface area contributed by atoms with E-state index in [0.29, 0.717) is 10.4 Å². The fourth-order valence-corrected chi connectivity index (χ4v) is 2.70. The summed E-state index contributed by atoms with van der Waals surface area (Å²) >= 11 is 0. The third-order valence-electron chi connectivity index (χ3n) is 3.56. The number of hydrogen-bond acceptors (Lipinski definition) is 1. The van der Waals surface area contributed by atoms with Crippen LogP contribution in [0.3, 0.4) is 0 Å². The predicted octanol–water partition coefficient (Wildman–Crippen LogP) is 1.94. The summed E-state index contributed by atoms with van der Waals surface area (Å²) in [5, 5.41) is 0. The van der Waals surface area contributed by atoms with Gasteiger partial charge in [-0.1, -0.05) is 24.3 Å². The first kappa shape index (κ1) is 8.86. The number of amides is 1. The highest BCUT2D eigenvalue weighted by Gasteiger charge is 2.43. The molecule has 0 aromatic heterocycles. The van der Waals surface area contributed by atoms with Crippen molar-refractivity contribution in [3.8, 4) is 0 Å². The molecule has 2 nitrogen and oxygen atoms in total. The van der Waals surface area contributed by atoms with Crippen LogP contribution >= 0.6 is 0 Å². The molecule has 2 heteroatoms. The third kappa shape index (κ3) is 1.11. The van der Waals surface area contributed by atoms with Gasteiger partial charge < -0.3 is 0 Å². The van der Waals surface area contributed by atoms with Crippen LogP contribution in [-0.2, 0) is 0 Å². The van der Waals surface area contributed by atoms with Gasteiger partial charge in [-0.3, -0.25) is 4.48 Å². The lowest BCUT2D eigenvalue weighted by atomic mass is 9.85. The van der Waals surface area contributed by atoms with Gasteiger partial charge in [0.2, 0.25) is 0 Å². The number of likely N-dealkylation sites (N-methyl/N-ethyl adjacent to an activating group) is 1. The van der Waals surface area contributed by atoms with Gasteiger partial charge in [0.05, 0.1) is 25.1 Å². The number of quaternary nitrogens is 1. The Balaban J connectivity index is 2.25. The van der Waals surface area contributed by atoms with Gasteiger partial charge in [-0.2, -0.15) is 0 Å². The Labute approximate surface area is 89.4 Å². The van der Waals surface area contributed by atoms with Gasteiger partial charge in [-0.05, 0) is 17.7 Å². The van der Waals surface area contributed by atoms with Crippen LogP contribution in [0.15, 0.2) is 36.4 Å². The van der Waals surface area contributed by atoms with E-state index in [-0.39, 0.29) is 5.91 Å². The summed E-state index contributed by atoms with van der Waals surface area (Å²) in [4.78, 5) is 12.3. The van der Waals surface area contributed by atoms with Gasteiger partial charge in [-0.25, -0.2) is 4.79 Å². The molecule has 0 N–H and O–H groups in total. The van der Waals surface area contributed by atoms with Crippen LogP contribution in [0.25, 0.3) is 0 Å². The molecule has 2 heterocycles. The quantitative estimate of drug-likeness (QED) is 0.462. The van der Waals surface area contributed by atoms with Gasteiger partial charge in [0.15, 0.2) is 0 Å². The van der Waals surface area contributed by atoms with Crippen LogP contribution in [0.4, 0.5) is 0 Å². The smallest absolute Gasteiger partial charge is 0.254 e. The van der Waals surface area contributed by atoms with Crippen LogP contribution in [0, 0.1) is 0 Å². The molecule has 2 aliphatic rings. The maximum absolute atomic E-state index is 12.3. The highest BCUT2D eigenvalue weighted by atomic mass is 16.2. The highest BCUT2D eigenvalue weighted by Crippen LogP contribution is 2.35. The maximum atomic E-state index is 12.3. The Bertz CT molecular complexity index is 463. The zero-order valence-electron chi connectivity index (χ0n) is 8.81. The fourth-order valence-electron chi connectivity index (χ4n) is 2.70. The first-order valence-corrected chi connectivity index (χ1v) is 5.36. The highest BCUT2D eigenvalue weighted by molar-refractivity contribution is 5.92. The summed E-state index contributed by atoms with van der Waals surface area (Å²) in [5.74, 6) is 0.698. The van der Waals surface area contributed by atoms with Crippen molar-refractivity contribution < 1.29 is 9.28 Å². The minimum atomic E-state index is 0.270. The summed E-state index contributed by atoms with van der Waals surface area (Å²) < 4.78 is 0.540. The van der Waals surface area contributed by atoms with E-state index >= 15 is 0 Å². The molecule has 15 heavy (non-hydrogen) atoms. The first-order valence-electron chi connectivity index (χ1n) is 5.36. The van der Waals surface area contributed by atoms with E-state index in [0.717, 1.165) is 18.7 Å². The van der Waals surface area contributed by atoms with Crippen LogP contribution in [-0.4, -0.2) is 30.5 Å². The number of benzene rings is 1. The summed E-state index contributed by atoms with van der Waals surface area (Å²) in [7, 11) is 2.04. The number of nitrogens with zero attached hydrogens (tertiary/aromatic N) is 1. The van der Waals surface area contributed by atoms with Gasteiger partial charge in [0.1, 0.15) is 6.54 Å². The Morgan fingerprint density at radius 2 is 2.13 bits per heavy atom. The molecule has 3 rings (SSSR count). The minimum absolute atomic E-state index is 0.270. The van der Waals surface area contributed by atoms with E-state index in [4.69, 9.17) is 0 Å². The lowest BCUT2D eigenvalue weighted by molar-refractivity contribution is -0.826. The van der Waals surface area contributed by atoms with Gasteiger partial charge >= 0.3 is 5.91 Å². The molecule has 2 bridgehead atoms. The fraction of sp³-hybridized carbons (Fsp3) is 0.308. The van der Waals surface area contributed by atoms with Crippen molar-refractivity contribution >= 4 is 5.91 Å². The number of rotatable bonds is 0. The van der Waals surface area contributed by atoms with E-state index < -0.39 is 0 Å². The summed E-state index contributed by atoms with van der Waals surface area (Å²) in [5.41, 5.74) is 2.12. The molecule has 76 valence electrons. The van der Waals surface area contributed by atoms with Crippen LogP contribution in [0.2, 0.25) is 0 Å². The molecule has 0 aliphatic carbocycles. The molecule has 2 atom stereocenters. The average Bonchev–Trinajstić information content (AvgIpc) is 2.27. The Hall–Kier alpha value is -1.41. The van der Waals surface area contributed by atoms with Crippen molar-refractivity contribution in [1.82, 2.24) is 0 Å². The van der Waals surface area contributed by atoms with Crippen molar-refractivity contribution in [2.75, 3.05) is 20.1 Å². The Kier molecular flexibility index (Phi) is 1.65. The van der Waals surface area contributed by atoms with Crippen molar-refractivity contribution in [2.24, 2.45) is 0 Å². The second-order valence-corrected chi connectivity index (χ2v) is 4.69. The third-order valence-corrected chi connectivity index (χ3v) is 3.56. The van der Waals surface area contributed by atoms with Crippen LogP contribution in [0.1, 0.15) is 21.8 Å². The van der Waals surface area contributed by atoms with Gasteiger partial charge in [-0.15, -0.1) is 0 Å². The SMILES string of the molecule is C[N+]12CC=CC(C1)c1ccccc1C2=O. The summed E-state index contributed by atoms with van der Waals surface area (Å²) in [6.07, 6.45) is 4.38. The zero-order chi connectivity index (χ0) is 10.5. The Morgan fingerprint density at radius 1 is 1.33 bits per heavy atom. The van der Waals surface area contributed by atoms with E-state index in [9.17, 15) is 4.79 Å². The van der Waals surface area contributed by atoms with E-state index in [1.54, 1.807) is 0 Å². The monoisotopic (exact) mass is 200 g/mol. The lowest BCUT2D eigenvalue weighted by Gasteiger charge is -2.40. The van der Waals surface area contributed by atoms with Crippen molar-refractivity contribution in [2.45, 2.75) is 5.92 Å². The molecule has 2 unspecified atom stereocenters. The van der Waals surface area contributed by atoms with E-state index in [1.165, 1.54) is 5.56 Å².